The second-order valence-corrected chi connectivity index (χ2v) is 5.30. The number of carbonyl (C=O) groups excluding carboxylic acids is 1. The van der Waals surface area contributed by atoms with Crippen molar-refractivity contribution in [2.75, 3.05) is 0 Å². The lowest BCUT2D eigenvalue weighted by Gasteiger charge is -2.28. The summed E-state index contributed by atoms with van der Waals surface area (Å²) in [5.41, 5.74) is 1.02. The van der Waals surface area contributed by atoms with E-state index >= 15 is 0 Å². The van der Waals surface area contributed by atoms with Gasteiger partial charge < -0.3 is 0 Å². The minimum atomic E-state index is -0.463. The molecule has 1 aromatic heterocycles. The van der Waals surface area contributed by atoms with Crippen LogP contribution < -0.4 is 0 Å². The van der Waals surface area contributed by atoms with Gasteiger partial charge in [0.1, 0.15) is 6.20 Å². The molecular weight excluding hydrogens is 232 g/mol. The van der Waals surface area contributed by atoms with Crippen molar-refractivity contribution in [3.63, 3.8) is 0 Å². The van der Waals surface area contributed by atoms with Gasteiger partial charge in [-0.15, -0.1) is 0 Å². The van der Waals surface area contributed by atoms with Gasteiger partial charge in [-0.1, -0.05) is 13.8 Å². The fourth-order valence-electron chi connectivity index (χ4n) is 2.32. The van der Waals surface area contributed by atoms with E-state index in [0.717, 1.165) is 5.57 Å². The van der Waals surface area contributed by atoms with Gasteiger partial charge in [0.2, 0.25) is 0 Å². The number of nitro groups is 1. The summed E-state index contributed by atoms with van der Waals surface area (Å²) in [5.74, 6) is 0.0207. The van der Waals surface area contributed by atoms with Gasteiger partial charge in [0.05, 0.1) is 10.5 Å². The summed E-state index contributed by atoms with van der Waals surface area (Å²) in [6, 6.07) is 1.60. The minimum absolute atomic E-state index is 0.0207. The van der Waals surface area contributed by atoms with E-state index in [-0.39, 0.29) is 16.9 Å². The molecule has 0 amide bonds. The quantitative estimate of drug-likeness (QED) is 0.594. The van der Waals surface area contributed by atoms with Crippen LogP contribution in [0.15, 0.2) is 24.5 Å². The van der Waals surface area contributed by atoms with Gasteiger partial charge in [-0.25, -0.2) is 0 Å². The van der Waals surface area contributed by atoms with Gasteiger partial charge >= 0.3 is 0 Å². The summed E-state index contributed by atoms with van der Waals surface area (Å²) in [7, 11) is 0. The van der Waals surface area contributed by atoms with E-state index in [1.807, 2.05) is 13.8 Å². The van der Waals surface area contributed by atoms with E-state index in [0.29, 0.717) is 18.4 Å². The smallest absolute Gasteiger partial charge is 0.294 e. The fourth-order valence-corrected chi connectivity index (χ4v) is 2.32. The highest BCUT2D eigenvalue weighted by Gasteiger charge is 2.30. The summed E-state index contributed by atoms with van der Waals surface area (Å²) in [6.45, 7) is 3.98. The van der Waals surface area contributed by atoms with Gasteiger partial charge in [0.25, 0.3) is 5.69 Å². The monoisotopic (exact) mass is 246 g/mol. The van der Waals surface area contributed by atoms with Crippen LogP contribution in [0.25, 0.3) is 5.57 Å². The molecule has 5 nitrogen and oxygen atoms in total. The molecule has 1 aromatic rings. The first kappa shape index (κ1) is 12.4. The molecule has 0 radical (unpaired) electrons. The molecule has 0 saturated heterocycles. The Balaban J connectivity index is 2.49. The van der Waals surface area contributed by atoms with Crippen LogP contribution in [0, 0.1) is 15.5 Å². The Morgan fingerprint density at radius 2 is 2.11 bits per heavy atom. The molecule has 1 heterocycles. The Morgan fingerprint density at radius 1 is 1.39 bits per heavy atom. The largest absolute Gasteiger partial charge is 0.295 e. The van der Waals surface area contributed by atoms with E-state index in [1.54, 1.807) is 6.07 Å². The molecule has 2 rings (SSSR count). The maximum atomic E-state index is 11.7. The van der Waals surface area contributed by atoms with Gasteiger partial charge in [0.15, 0.2) is 5.78 Å². The van der Waals surface area contributed by atoms with Gasteiger partial charge in [-0.05, 0) is 29.6 Å². The highest BCUT2D eigenvalue weighted by Crippen LogP contribution is 2.40. The molecule has 0 atom stereocenters. The van der Waals surface area contributed by atoms with Crippen LogP contribution in [-0.2, 0) is 4.79 Å². The van der Waals surface area contributed by atoms with E-state index in [4.69, 9.17) is 0 Å². The third kappa shape index (κ3) is 2.45. The first-order valence-corrected chi connectivity index (χ1v) is 5.71. The highest BCUT2D eigenvalue weighted by molar-refractivity contribution is 5.99. The normalized spacial score (nSPS) is 18.3. The zero-order valence-corrected chi connectivity index (χ0v) is 10.3. The number of nitrogens with zero attached hydrogens (tertiary/aromatic N) is 2. The molecule has 0 saturated carbocycles. The average Bonchev–Trinajstić information content (AvgIpc) is 2.26. The van der Waals surface area contributed by atoms with Gasteiger partial charge in [-0.3, -0.25) is 19.9 Å². The SMILES string of the molecule is CC1(C)CC(=O)C=C(c2ccncc2[N+](=O)[O-])C1. The standard InChI is InChI=1S/C13H14N2O3/c1-13(2)6-9(5-10(16)7-13)11-3-4-14-8-12(11)15(17)18/h3-5,8H,6-7H2,1-2H3. The van der Waals surface area contributed by atoms with Crippen molar-refractivity contribution in [3.05, 3.63) is 40.2 Å². The number of hydrogen-bond acceptors (Lipinski definition) is 4. The van der Waals surface area contributed by atoms with Crippen LogP contribution in [0.1, 0.15) is 32.3 Å². The molecule has 0 bridgehead atoms. The number of rotatable bonds is 2. The lowest BCUT2D eigenvalue weighted by molar-refractivity contribution is -0.385. The van der Waals surface area contributed by atoms with Crippen molar-refractivity contribution >= 4 is 17.0 Å². The van der Waals surface area contributed by atoms with E-state index < -0.39 is 4.92 Å². The van der Waals surface area contributed by atoms with E-state index in [2.05, 4.69) is 4.98 Å². The second-order valence-electron chi connectivity index (χ2n) is 5.30. The third-order valence-corrected chi connectivity index (χ3v) is 3.00. The van der Waals surface area contributed by atoms with Crippen LogP contribution in [-0.4, -0.2) is 15.7 Å². The minimum Gasteiger partial charge on any atom is -0.295 e. The molecule has 0 N–H and O–H groups in total. The van der Waals surface area contributed by atoms with Gasteiger partial charge in [-0.2, -0.15) is 0 Å². The first-order valence-electron chi connectivity index (χ1n) is 5.71. The van der Waals surface area contributed by atoms with Crippen molar-refractivity contribution in [1.29, 1.82) is 0 Å². The zero-order chi connectivity index (χ0) is 13.3. The summed E-state index contributed by atoms with van der Waals surface area (Å²) >= 11 is 0. The van der Waals surface area contributed by atoms with Crippen LogP contribution in [0.3, 0.4) is 0 Å². The molecule has 0 aliphatic heterocycles. The molecule has 94 valence electrons. The summed E-state index contributed by atoms with van der Waals surface area (Å²) in [4.78, 5) is 25.9. The molecule has 0 unspecified atom stereocenters. The van der Waals surface area contributed by atoms with Crippen molar-refractivity contribution in [1.82, 2.24) is 4.98 Å². The zero-order valence-electron chi connectivity index (χ0n) is 10.3. The number of pyridine rings is 1. The summed E-state index contributed by atoms with van der Waals surface area (Å²) in [5, 5.41) is 11.0. The number of allylic oxidation sites excluding steroid dienone is 2. The predicted molar refractivity (Wildman–Crippen MR) is 66.9 cm³/mol. The molecule has 18 heavy (non-hydrogen) atoms. The van der Waals surface area contributed by atoms with Gasteiger partial charge in [0, 0.05) is 12.6 Å². The molecule has 0 aromatic carbocycles. The van der Waals surface area contributed by atoms with Crippen molar-refractivity contribution < 1.29 is 9.72 Å². The Kier molecular flexibility index (Phi) is 2.98. The molecular formula is C13H14N2O3. The highest BCUT2D eigenvalue weighted by atomic mass is 16.6. The van der Waals surface area contributed by atoms with Crippen molar-refractivity contribution in [2.24, 2.45) is 5.41 Å². The summed E-state index contributed by atoms with van der Waals surface area (Å²) < 4.78 is 0. The Hall–Kier alpha value is -2.04. The maximum absolute atomic E-state index is 11.7. The lowest BCUT2D eigenvalue weighted by atomic mass is 9.75. The van der Waals surface area contributed by atoms with Crippen LogP contribution in [0.5, 0.6) is 0 Å². The number of hydrogen-bond donors (Lipinski definition) is 0. The molecule has 1 aliphatic carbocycles. The lowest BCUT2D eigenvalue weighted by Crippen LogP contribution is -2.21. The first-order chi connectivity index (χ1) is 8.39. The molecule has 1 aliphatic rings. The number of aromatic nitrogens is 1. The van der Waals surface area contributed by atoms with E-state index in [1.165, 1.54) is 18.5 Å². The maximum Gasteiger partial charge on any atom is 0.294 e. The molecule has 5 heteroatoms. The average molecular weight is 246 g/mol. The van der Waals surface area contributed by atoms with E-state index in [9.17, 15) is 14.9 Å². The van der Waals surface area contributed by atoms with Crippen LogP contribution in [0.4, 0.5) is 5.69 Å². The van der Waals surface area contributed by atoms with Crippen molar-refractivity contribution in [2.45, 2.75) is 26.7 Å². The predicted octanol–water partition coefficient (Wildman–Crippen LogP) is 2.76. The van der Waals surface area contributed by atoms with Crippen molar-refractivity contribution in [3.8, 4) is 0 Å². The summed E-state index contributed by atoms with van der Waals surface area (Å²) in [6.07, 6.45) is 5.39. The molecule has 0 fully saturated rings. The fraction of sp³-hybridized carbons (Fsp3) is 0.385. The Labute approximate surface area is 105 Å². The van der Waals surface area contributed by atoms with Crippen LogP contribution >= 0.6 is 0 Å². The van der Waals surface area contributed by atoms with Crippen LogP contribution in [0.2, 0.25) is 0 Å². The number of carbonyl (C=O) groups is 1. The second kappa shape index (κ2) is 4.33. The Bertz CT molecular complexity index is 547. The third-order valence-electron chi connectivity index (χ3n) is 3.00. The topological polar surface area (TPSA) is 73.1 Å². The number of ketones is 1. The Morgan fingerprint density at radius 3 is 2.72 bits per heavy atom. The molecule has 0 spiro atoms.